The highest BCUT2D eigenvalue weighted by Crippen LogP contribution is 2.20. The van der Waals surface area contributed by atoms with Crippen molar-refractivity contribution in [1.82, 2.24) is 15.3 Å². The Labute approximate surface area is 95.2 Å². The number of hydrogen-bond donors (Lipinski definition) is 2. The molecule has 1 rings (SSSR count). The number of nitrogens with two attached hydrogens (primary N) is 1. The summed E-state index contributed by atoms with van der Waals surface area (Å²) >= 11 is 0. The fourth-order valence-electron chi connectivity index (χ4n) is 1.04. The average Bonchev–Trinajstić information content (AvgIpc) is 2.24. The van der Waals surface area contributed by atoms with Crippen LogP contribution in [0.15, 0.2) is 12.4 Å². The molecule has 0 atom stereocenters. The van der Waals surface area contributed by atoms with Crippen molar-refractivity contribution in [2.75, 3.05) is 12.3 Å². The van der Waals surface area contributed by atoms with Crippen molar-refractivity contribution in [2.24, 2.45) is 0 Å². The Morgan fingerprint density at radius 1 is 1.35 bits per heavy atom. The van der Waals surface area contributed by atoms with Crippen LogP contribution in [0.5, 0.6) is 0 Å². The van der Waals surface area contributed by atoms with Crippen molar-refractivity contribution < 1.29 is 18.0 Å². The molecule has 0 unspecified atom stereocenters. The Hall–Kier alpha value is -1.86. The zero-order valence-corrected chi connectivity index (χ0v) is 8.79. The third kappa shape index (κ3) is 5.14. The van der Waals surface area contributed by atoms with Gasteiger partial charge < -0.3 is 11.1 Å². The smallest absolute Gasteiger partial charge is 0.382 e. The summed E-state index contributed by atoms with van der Waals surface area (Å²) in [5.41, 5.74) is 5.29. The van der Waals surface area contributed by atoms with Crippen LogP contribution in [0.1, 0.15) is 23.3 Å². The molecular formula is C9H11F3N4O. The van der Waals surface area contributed by atoms with Crippen LogP contribution in [0.25, 0.3) is 0 Å². The standard InChI is InChI=1S/C9H11F3N4O/c10-9(11,12)2-1-3-14-8(17)6-4-16-7(13)5-15-6/h4-5H,1-3H2,(H2,13,16)(H,14,17). The van der Waals surface area contributed by atoms with E-state index < -0.39 is 18.5 Å². The molecule has 0 saturated heterocycles. The van der Waals surface area contributed by atoms with Gasteiger partial charge in [-0.1, -0.05) is 0 Å². The first-order chi connectivity index (χ1) is 7.88. The van der Waals surface area contributed by atoms with E-state index in [-0.39, 0.29) is 24.5 Å². The number of rotatable bonds is 4. The lowest BCUT2D eigenvalue weighted by molar-refractivity contribution is -0.135. The Bertz CT molecular complexity index is 377. The number of aromatic nitrogens is 2. The number of halogens is 3. The maximum Gasteiger partial charge on any atom is 0.389 e. The van der Waals surface area contributed by atoms with Crippen LogP contribution in [0.3, 0.4) is 0 Å². The fraction of sp³-hybridized carbons (Fsp3) is 0.444. The molecule has 17 heavy (non-hydrogen) atoms. The van der Waals surface area contributed by atoms with Gasteiger partial charge in [-0.2, -0.15) is 13.2 Å². The monoisotopic (exact) mass is 248 g/mol. The number of nitrogens with zero attached hydrogens (tertiary/aromatic N) is 2. The van der Waals surface area contributed by atoms with Gasteiger partial charge in [0, 0.05) is 13.0 Å². The molecule has 0 spiro atoms. The third-order valence-electron chi connectivity index (χ3n) is 1.83. The quantitative estimate of drug-likeness (QED) is 0.783. The molecule has 1 aromatic heterocycles. The largest absolute Gasteiger partial charge is 0.389 e. The number of anilines is 1. The van der Waals surface area contributed by atoms with Crippen molar-refractivity contribution in [3.63, 3.8) is 0 Å². The molecule has 0 saturated carbocycles. The Morgan fingerprint density at radius 2 is 2.06 bits per heavy atom. The first-order valence-corrected chi connectivity index (χ1v) is 4.81. The highest BCUT2D eigenvalue weighted by atomic mass is 19.4. The highest BCUT2D eigenvalue weighted by molar-refractivity contribution is 5.91. The molecule has 1 heterocycles. The molecular weight excluding hydrogens is 237 g/mol. The van der Waals surface area contributed by atoms with E-state index in [4.69, 9.17) is 5.73 Å². The first-order valence-electron chi connectivity index (χ1n) is 4.81. The van der Waals surface area contributed by atoms with Gasteiger partial charge in [-0.3, -0.25) is 4.79 Å². The summed E-state index contributed by atoms with van der Waals surface area (Å²) in [6.07, 6.45) is -2.94. The van der Waals surface area contributed by atoms with Crippen LogP contribution in [0.4, 0.5) is 19.0 Å². The van der Waals surface area contributed by atoms with Gasteiger partial charge >= 0.3 is 6.18 Å². The number of carbonyl (C=O) groups excluding carboxylic acids is 1. The van der Waals surface area contributed by atoms with Crippen molar-refractivity contribution >= 4 is 11.7 Å². The molecule has 94 valence electrons. The number of nitrogen functional groups attached to an aromatic ring is 1. The third-order valence-corrected chi connectivity index (χ3v) is 1.83. The number of alkyl halides is 3. The number of amides is 1. The van der Waals surface area contributed by atoms with Crippen molar-refractivity contribution in [1.29, 1.82) is 0 Å². The molecule has 0 bridgehead atoms. The van der Waals surface area contributed by atoms with Crippen molar-refractivity contribution in [3.8, 4) is 0 Å². The lowest BCUT2D eigenvalue weighted by Crippen LogP contribution is -2.26. The van der Waals surface area contributed by atoms with E-state index >= 15 is 0 Å². The molecule has 0 aromatic carbocycles. The second-order valence-corrected chi connectivity index (χ2v) is 3.30. The van der Waals surface area contributed by atoms with Gasteiger partial charge in [0.05, 0.1) is 12.4 Å². The average molecular weight is 248 g/mol. The van der Waals surface area contributed by atoms with E-state index in [0.717, 1.165) is 6.20 Å². The second kappa shape index (κ2) is 5.46. The maximum atomic E-state index is 11.8. The number of carbonyl (C=O) groups is 1. The summed E-state index contributed by atoms with van der Waals surface area (Å²) in [6.45, 7) is -0.0651. The van der Waals surface area contributed by atoms with E-state index in [0.29, 0.717) is 0 Å². The van der Waals surface area contributed by atoms with Gasteiger partial charge in [0.15, 0.2) is 0 Å². The molecule has 0 radical (unpaired) electrons. The van der Waals surface area contributed by atoms with Crippen LogP contribution in [-0.2, 0) is 0 Å². The zero-order valence-electron chi connectivity index (χ0n) is 8.79. The van der Waals surface area contributed by atoms with E-state index in [1.165, 1.54) is 6.20 Å². The Balaban J connectivity index is 2.33. The lowest BCUT2D eigenvalue weighted by atomic mass is 10.3. The van der Waals surface area contributed by atoms with Crippen LogP contribution in [0, 0.1) is 0 Å². The van der Waals surface area contributed by atoms with Gasteiger partial charge in [-0.25, -0.2) is 9.97 Å². The number of nitrogens with one attached hydrogen (secondary N) is 1. The molecule has 0 aliphatic heterocycles. The molecule has 8 heteroatoms. The normalized spacial score (nSPS) is 11.2. The molecule has 1 aromatic rings. The predicted octanol–water partition coefficient (Wildman–Crippen LogP) is 1.13. The Kier molecular flexibility index (Phi) is 4.24. The first kappa shape index (κ1) is 13.2. The van der Waals surface area contributed by atoms with Gasteiger partial charge in [0.25, 0.3) is 5.91 Å². The summed E-state index contributed by atoms with van der Waals surface area (Å²) in [4.78, 5) is 18.7. The minimum Gasteiger partial charge on any atom is -0.382 e. The van der Waals surface area contributed by atoms with Gasteiger partial charge in [-0.15, -0.1) is 0 Å². The maximum absolute atomic E-state index is 11.8. The topological polar surface area (TPSA) is 80.9 Å². The van der Waals surface area contributed by atoms with Gasteiger partial charge in [0.2, 0.25) is 0 Å². The van der Waals surface area contributed by atoms with Crippen LogP contribution < -0.4 is 11.1 Å². The second-order valence-electron chi connectivity index (χ2n) is 3.30. The van der Waals surface area contributed by atoms with Gasteiger partial charge in [0.1, 0.15) is 11.5 Å². The van der Waals surface area contributed by atoms with Crippen LogP contribution >= 0.6 is 0 Å². The van der Waals surface area contributed by atoms with Crippen LogP contribution in [0.2, 0.25) is 0 Å². The summed E-state index contributed by atoms with van der Waals surface area (Å²) in [5, 5.41) is 2.31. The molecule has 1 amide bonds. The minimum atomic E-state index is -4.20. The zero-order chi connectivity index (χ0) is 12.9. The molecule has 0 fully saturated rings. The SMILES string of the molecule is Nc1cnc(C(=O)NCCCC(F)(F)F)cn1. The lowest BCUT2D eigenvalue weighted by Gasteiger charge is -2.06. The molecule has 3 N–H and O–H groups in total. The summed E-state index contributed by atoms with van der Waals surface area (Å²) in [7, 11) is 0. The molecule has 5 nitrogen and oxygen atoms in total. The molecule has 0 aliphatic rings. The Morgan fingerprint density at radius 3 is 2.59 bits per heavy atom. The number of hydrogen-bond acceptors (Lipinski definition) is 4. The highest BCUT2D eigenvalue weighted by Gasteiger charge is 2.26. The molecule has 0 aliphatic carbocycles. The summed E-state index contributed by atoms with van der Waals surface area (Å²) in [6, 6.07) is 0. The minimum absolute atomic E-state index is 0.0196. The van der Waals surface area contributed by atoms with Gasteiger partial charge in [-0.05, 0) is 6.42 Å². The van der Waals surface area contributed by atoms with Crippen LogP contribution in [-0.4, -0.2) is 28.6 Å². The van der Waals surface area contributed by atoms with E-state index in [1.807, 2.05) is 0 Å². The van der Waals surface area contributed by atoms with E-state index in [1.54, 1.807) is 0 Å². The van der Waals surface area contributed by atoms with Crippen molar-refractivity contribution in [2.45, 2.75) is 19.0 Å². The summed E-state index contributed by atoms with van der Waals surface area (Å²) < 4.78 is 35.4. The van der Waals surface area contributed by atoms with E-state index in [9.17, 15) is 18.0 Å². The fourth-order valence-corrected chi connectivity index (χ4v) is 1.04. The predicted molar refractivity (Wildman–Crippen MR) is 54.1 cm³/mol. The summed E-state index contributed by atoms with van der Waals surface area (Å²) in [5.74, 6) is -0.404. The van der Waals surface area contributed by atoms with E-state index in [2.05, 4.69) is 15.3 Å². The van der Waals surface area contributed by atoms with Crippen molar-refractivity contribution in [3.05, 3.63) is 18.1 Å².